The number of alkyl halides is 6. The molecule has 0 aliphatic carbocycles. The number of amides is 2. The van der Waals surface area contributed by atoms with Crippen molar-refractivity contribution in [3.05, 3.63) is 0 Å². The molecule has 1 fully saturated rings. The third-order valence-electron chi connectivity index (χ3n) is 3.18. The molecule has 1 aliphatic heterocycles. The van der Waals surface area contributed by atoms with E-state index in [1.807, 2.05) is 0 Å². The Bertz CT molecular complexity index is 406. The number of hydrogen-bond acceptors (Lipinski definition) is 2. The highest BCUT2D eigenvalue weighted by atomic mass is 19.4. The molecule has 2 amide bonds. The summed E-state index contributed by atoms with van der Waals surface area (Å²) in [5.74, 6) is -3.04. The molecule has 0 aromatic rings. The van der Waals surface area contributed by atoms with Crippen LogP contribution in [0, 0.1) is 0 Å². The molecular formula is C11H14F6N2O2. The van der Waals surface area contributed by atoms with Gasteiger partial charge in [-0.05, 0) is 12.8 Å². The predicted octanol–water partition coefficient (Wildman–Crippen LogP) is 2.00. The van der Waals surface area contributed by atoms with Crippen molar-refractivity contribution in [1.29, 1.82) is 0 Å². The molecule has 2 atom stereocenters. The zero-order chi connectivity index (χ0) is 16.4. The smallest absolute Gasteiger partial charge is 0.344 e. The number of nitrogens with zero attached hydrogens (tertiary/aromatic N) is 1. The van der Waals surface area contributed by atoms with Crippen LogP contribution in [0.1, 0.15) is 26.2 Å². The van der Waals surface area contributed by atoms with Crippen molar-refractivity contribution in [1.82, 2.24) is 10.2 Å². The first-order valence-electron chi connectivity index (χ1n) is 6.20. The van der Waals surface area contributed by atoms with Crippen LogP contribution in [0.3, 0.4) is 0 Å². The lowest BCUT2D eigenvalue weighted by Gasteiger charge is -2.40. The fourth-order valence-corrected chi connectivity index (χ4v) is 2.17. The Morgan fingerprint density at radius 3 is 2.14 bits per heavy atom. The number of carbonyl (C=O) groups is 2. The van der Waals surface area contributed by atoms with Crippen molar-refractivity contribution in [3.63, 3.8) is 0 Å². The zero-order valence-electron chi connectivity index (χ0n) is 11.0. The summed E-state index contributed by atoms with van der Waals surface area (Å²) in [4.78, 5) is 22.8. The van der Waals surface area contributed by atoms with E-state index in [9.17, 15) is 35.9 Å². The number of nitrogens with one attached hydrogen (secondary N) is 1. The van der Waals surface area contributed by atoms with Crippen molar-refractivity contribution < 1.29 is 35.9 Å². The highest BCUT2D eigenvalue weighted by Gasteiger charge is 2.48. The third-order valence-corrected chi connectivity index (χ3v) is 3.18. The minimum Gasteiger partial charge on any atom is -0.344 e. The Labute approximate surface area is 116 Å². The maximum atomic E-state index is 12.8. The Balaban J connectivity index is 2.80. The molecule has 122 valence electrons. The Kier molecular flexibility index (Phi) is 5.11. The van der Waals surface area contributed by atoms with Gasteiger partial charge in [0.05, 0.1) is 0 Å². The molecule has 1 heterocycles. The molecule has 1 aliphatic rings. The summed E-state index contributed by atoms with van der Waals surface area (Å²) in [6.45, 7) is 0.770. The molecule has 0 unspecified atom stereocenters. The molecule has 0 saturated carbocycles. The quantitative estimate of drug-likeness (QED) is 0.791. The zero-order valence-corrected chi connectivity index (χ0v) is 11.0. The van der Waals surface area contributed by atoms with Crippen LogP contribution in [0.25, 0.3) is 0 Å². The van der Waals surface area contributed by atoms with Crippen molar-refractivity contribution in [2.24, 2.45) is 0 Å². The normalized spacial score (nSPS) is 23.9. The van der Waals surface area contributed by atoms with Gasteiger partial charge in [0.25, 0.3) is 0 Å². The number of likely N-dealkylation sites (tertiary alicyclic amines) is 1. The monoisotopic (exact) mass is 320 g/mol. The average Bonchev–Trinajstić information content (AvgIpc) is 2.35. The van der Waals surface area contributed by atoms with Crippen molar-refractivity contribution in [2.45, 2.75) is 50.6 Å². The first-order chi connectivity index (χ1) is 9.46. The predicted molar refractivity (Wildman–Crippen MR) is 59.1 cm³/mol. The lowest BCUT2D eigenvalue weighted by molar-refractivity contribution is -0.198. The standard InChI is InChI=1S/C11H14F6N2O2/c1-2-8(20)19-5-6(18-9(21)11(15,16)17)3-4-7(19)10(12,13)14/h6-7H,2-5H2,1H3,(H,18,21)/t6-,7-/m1/s1. The van der Waals surface area contributed by atoms with E-state index in [4.69, 9.17) is 0 Å². The second-order valence-electron chi connectivity index (χ2n) is 4.70. The first kappa shape index (κ1) is 17.6. The van der Waals surface area contributed by atoms with Crippen LogP contribution in [0.2, 0.25) is 0 Å². The van der Waals surface area contributed by atoms with Gasteiger partial charge in [0.15, 0.2) is 0 Å². The Hall–Kier alpha value is -1.48. The highest BCUT2D eigenvalue weighted by molar-refractivity contribution is 5.82. The van der Waals surface area contributed by atoms with Gasteiger partial charge in [0.1, 0.15) is 6.04 Å². The van der Waals surface area contributed by atoms with Gasteiger partial charge in [-0.2, -0.15) is 26.3 Å². The van der Waals surface area contributed by atoms with Gasteiger partial charge in [-0.1, -0.05) is 6.92 Å². The summed E-state index contributed by atoms with van der Waals surface area (Å²) in [5.41, 5.74) is 0. The van der Waals surface area contributed by atoms with E-state index in [1.54, 1.807) is 5.32 Å². The molecule has 1 N–H and O–H groups in total. The lowest BCUT2D eigenvalue weighted by atomic mass is 9.97. The minimum atomic E-state index is -5.11. The molecule has 21 heavy (non-hydrogen) atoms. The molecule has 0 spiro atoms. The third kappa shape index (κ3) is 4.50. The molecule has 0 radical (unpaired) electrons. The average molecular weight is 320 g/mol. The van der Waals surface area contributed by atoms with Crippen LogP contribution in [0.4, 0.5) is 26.3 Å². The highest BCUT2D eigenvalue weighted by Crippen LogP contribution is 2.32. The van der Waals surface area contributed by atoms with Crippen molar-refractivity contribution >= 4 is 11.8 Å². The van der Waals surface area contributed by atoms with E-state index in [1.165, 1.54) is 6.92 Å². The van der Waals surface area contributed by atoms with Crippen LogP contribution in [0.15, 0.2) is 0 Å². The van der Waals surface area contributed by atoms with Gasteiger partial charge < -0.3 is 10.2 Å². The molecule has 1 rings (SSSR count). The Morgan fingerprint density at radius 2 is 1.71 bits per heavy atom. The topological polar surface area (TPSA) is 49.4 Å². The molecule has 0 aromatic heterocycles. The van der Waals surface area contributed by atoms with Gasteiger partial charge in [-0.15, -0.1) is 0 Å². The van der Waals surface area contributed by atoms with Crippen LogP contribution < -0.4 is 5.32 Å². The molecular weight excluding hydrogens is 306 g/mol. The van der Waals surface area contributed by atoms with Crippen molar-refractivity contribution in [2.75, 3.05) is 6.54 Å². The van der Waals surface area contributed by atoms with Gasteiger partial charge in [-0.25, -0.2) is 0 Å². The fraction of sp³-hybridized carbons (Fsp3) is 0.818. The summed E-state index contributed by atoms with van der Waals surface area (Å²) < 4.78 is 74.8. The van der Waals surface area contributed by atoms with Gasteiger partial charge in [0.2, 0.25) is 5.91 Å². The lowest BCUT2D eigenvalue weighted by Crippen LogP contribution is -2.59. The van der Waals surface area contributed by atoms with E-state index < -0.39 is 49.2 Å². The number of piperidine rings is 1. The van der Waals surface area contributed by atoms with Crippen LogP contribution in [-0.4, -0.2) is 47.7 Å². The fourth-order valence-electron chi connectivity index (χ4n) is 2.17. The maximum Gasteiger partial charge on any atom is 0.471 e. The number of rotatable bonds is 2. The number of hydrogen-bond donors (Lipinski definition) is 1. The molecule has 1 saturated heterocycles. The summed E-state index contributed by atoms with van der Waals surface area (Å²) in [7, 11) is 0. The summed E-state index contributed by atoms with van der Waals surface area (Å²) in [5, 5.41) is 1.61. The van der Waals surface area contributed by atoms with E-state index in [0.29, 0.717) is 4.90 Å². The van der Waals surface area contributed by atoms with E-state index in [2.05, 4.69) is 0 Å². The summed E-state index contributed by atoms with van der Waals surface area (Å²) in [6.07, 6.45) is -10.8. The number of carbonyl (C=O) groups excluding carboxylic acids is 2. The summed E-state index contributed by atoms with van der Waals surface area (Å²) >= 11 is 0. The van der Waals surface area contributed by atoms with E-state index in [-0.39, 0.29) is 12.8 Å². The molecule has 10 heteroatoms. The molecule has 0 aromatic carbocycles. The van der Waals surface area contributed by atoms with Crippen molar-refractivity contribution in [3.8, 4) is 0 Å². The number of halogens is 6. The van der Waals surface area contributed by atoms with Gasteiger partial charge in [0, 0.05) is 19.0 Å². The maximum absolute atomic E-state index is 12.8. The minimum absolute atomic E-state index is 0.202. The van der Waals surface area contributed by atoms with Crippen LogP contribution in [0.5, 0.6) is 0 Å². The van der Waals surface area contributed by atoms with Crippen LogP contribution >= 0.6 is 0 Å². The van der Waals surface area contributed by atoms with Crippen LogP contribution in [-0.2, 0) is 9.59 Å². The molecule has 0 bridgehead atoms. The molecule has 4 nitrogen and oxygen atoms in total. The first-order valence-corrected chi connectivity index (χ1v) is 6.20. The SMILES string of the molecule is CCC(=O)N1C[C@H](NC(=O)C(F)(F)F)CC[C@@H]1C(F)(F)F. The largest absolute Gasteiger partial charge is 0.471 e. The second kappa shape index (κ2) is 6.10. The summed E-state index contributed by atoms with van der Waals surface area (Å²) in [6, 6.07) is -3.17. The Morgan fingerprint density at radius 1 is 1.14 bits per heavy atom. The van der Waals surface area contributed by atoms with E-state index >= 15 is 0 Å². The second-order valence-corrected chi connectivity index (χ2v) is 4.70. The van der Waals surface area contributed by atoms with Gasteiger partial charge in [-0.3, -0.25) is 9.59 Å². The van der Waals surface area contributed by atoms with E-state index in [0.717, 1.165) is 0 Å². The van der Waals surface area contributed by atoms with Gasteiger partial charge >= 0.3 is 18.3 Å².